The Labute approximate surface area is 203 Å². The number of esters is 1. The number of ketones is 1. The van der Waals surface area contributed by atoms with Crippen LogP contribution in [0.4, 0.5) is 5.69 Å². The molecule has 1 aliphatic rings. The topological polar surface area (TPSA) is 93.1 Å². The molecule has 1 unspecified atom stereocenters. The molecular weight excluding hydrogens is 446 g/mol. The summed E-state index contributed by atoms with van der Waals surface area (Å²) >= 11 is 0. The second kappa shape index (κ2) is 9.85. The van der Waals surface area contributed by atoms with Gasteiger partial charge in [0.05, 0.1) is 30.9 Å². The first-order valence-corrected chi connectivity index (χ1v) is 11.2. The molecule has 3 aromatic carbocycles. The molecule has 0 bridgehead atoms. The van der Waals surface area contributed by atoms with Crippen LogP contribution in [0.2, 0.25) is 0 Å². The van der Waals surface area contributed by atoms with E-state index in [1.54, 1.807) is 49.4 Å². The van der Waals surface area contributed by atoms with Gasteiger partial charge < -0.3 is 14.6 Å². The molecule has 1 fully saturated rings. The summed E-state index contributed by atoms with van der Waals surface area (Å²) in [4.78, 5) is 40.3. The second-order valence-corrected chi connectivity index (χ2v) is 8.02. The van der Waals surface area contributed by atoms with Crippen molar-refractivity contribution in [3.63, 3.8) is 0 Å². The Kier molecular flexibility index (Phi) is 6.68. The fourth-order valence-corrected chi connectivity index (χ4v) is 4.19. The first-order chi connectivity index (χ1) is 16.9. The average molecular weight is 472 g/mol. The minimum atomic E-state index is -0.893. The average Bonchev–Trinajstić information content (AvgIpc) is 3.14. The number of carbonyl (C=O) groups excluding carboxylic acids is 3. The highest BCUT2D eigenvalue weighted by Crippen LogP contribution is 2.43. The van der Waals surface area contributed by atoms with E-state index in [1.807, 2.05) is 31.2 Å². The lowest BCUT2D eigenvalue weighted by Crippen LogP contribution is -2.30. The van der Waals surface area contributed by atoms with E-state index < -0.39 is 23.7 Å². The van der Waals surface area contributed by atoms with Gasteiger partial charge in [0.2, 0.25) is 0 Å². The Morgan fingerprint density at radius 1 is 0.971 bits per heavy atom. The quantitative estimate of drug-likeness (QED) is 0.240. The zero-order chi connectivity index (χ0) is 25.1. The molecule has 0 spiro atoms. The summed E-state index contributed by atoms with van der Waals surface area (Å²) in [6, 6.07) is 19.4. The Morgan fingerprint density at radius 3 is 2.34 bits per heavy atom. The summed E-state index contributed by atoms with van der Waals surface area (Å²) in [6.45, 7) is 3.79. The summed E-state index contributed by atoms with van der Waals surface area (Å²) in [7, 11) is 1.53. The van der Waals surface area contributed by atoms with Crippen LogP contribution in [0.5, 0.6) is 5.75 Å². The van der Waals surface area contributed by atoms with E-state index in [4.69, 9.17) is 9.47 Å². The molecule has 1 aliphatic heterocycles. The lowest BCUT2D eigenvalue weighted by molar-refractivity contribution is -0.132. The van der Waals surface area contributed by atoms with E-state index in [2.05, 4.69) is 0 Å². The fraction of sp³-hybridized carbons (Fsp3) is 0.179. The van der Waals surface area contributed by atoms with E-state index in [-0.39, 0.29) is 23.5 Å². The number of carbonyl (C=O) groups is 3. The molecule has 0 saturated carbocycles. The first kappa shape index (κ1) is 23.8. The van der Waals surface area contributed by atoms with E-state index in [9.17, 15) is 19.5 Å². The maximum absolute atomic E-state index is 13.3. The van der Waals surface area contributed by atoms with E-state index >= 15 is 0 Å². The third-order valence-corrected chi connectivity index (χ3v) is 5.93. The third-order valence-electron chi connectivity index (χ3n) is 5.93. The van der Waals surface area contributed by atoms with Gasteiger partial charge in [0.25, 0.3) is 11.7 Å². The minimum absolute atomic E-state index is 0.0315. The number of Topliss-reactive ketones (excluding diaryl/α,β-unsaturated/α-hetero) is 1. The molecule has 0 aliphatic carbocycles. The first-order valence-electron chi connectivity index (χ1n) is 11.2. The molecule has 178 valence electrons. The van der Waals surface area contributed by atoms with Crippen LogP contribution in [0.25, 0.3) is 5.76 Å². The number of aliphatic hydroxyl groups is 1. The van der Waals surface area contributed by atoms with Gasteiger partial charge in [0.1, 0.15) is 11.5 Å². The van der Waals surface area contributed by atoms with Crippen molar-refractivity contribution in [1.29, 1.82) is 0 Å². The maximum atomic E-state index is 13.3. The molecule has 35 heavy (non-hydrogen) atoms. The lowest BCUT2D eigenvalue weighted by atomic mass is 9.92. The Morgan fingerprint density at radius 2 is 1.69 bits per heavy atom. The highest BCUT2D eigenvalue weighted by atomic mass is 16.5. The lowest BCUT2D eigenvalue weighted by Gasteiger charge is -2.27. The van der Waals surface area contributed by atoms with Crippen molar-refractivity contribution < 1.29 is 29.0 Å². The standard InChI is InChI=1S/C28H25NO6/c1-4-35-28(33)19-9-7-10-20(16-19)29-24(22-11-6-5-8-17(22)2)23(26(31)27(29)32)25(30)18-12-14-21(34-3)15-13-18/h5-16,24,30H,4H2,1-3H3/b25-23+. The third kappa shape index (κ3) is 4.40. The van der Waals surface area contributed by atoms with Crippen LogP contribution < -0.4 is 9.64 Å². The number of ether oxygens (including phenoxy) is 2. The molecule has 7 heteroatoms. The monoisotopic (exact) mass is 471 g/mol. The zero-order valence-corrected chi connectivity index (χ0v) is 19.6. The van der Waals surface area contributed by atoms with Crippen LogP contribution >= 0.6 is 0 Å². The summed E-state index contributed by atoms with van der Waals surface area (Å²) in [6.07, 6.45) is 0. The maximum Gasteiger partial charge on any atom is 0.338 e. The van der Waals surface area contributed by atoms with Gasteiger partial charge in [-0.15, -0.1) is 0 Å². The summed E-state index contributed by atoms with van der Waals surface area (Å²) in [5, 5.41) is 11.2. The largest absolute Gasteiger partial charge is 0.507 e. The number of rotatable bonds is 6. The predicted molar refractivity (Wildman–Crippen MR) is 131 cm³/mol. The van der Waals surface area contributed by atoms with Crippen molar-refractivity contribution in [2.24, 2.45) is 0 Å². The number of amides is 1. The Bertz CT molecular complexity index is 1330. The number of methoxy groups -OCH3 is 1. The van der Waals surface area contributed by atoms with Crippen LogP contribution in [0.15, 0.2) is 78.4 Å². The van der Waals surface area contributed by atoms with Gasteiger partial charge in [0, 0.05) is 11.3 Å². The van der Waals surface area contributed by atoms with Crippen molar-refractivity contribution in [2.45, 2.75) is 19.9 Å². The molecule has 4 rings (SSSR count). The second-order valence-electron chi connectivity index (χ2n) is 8.02. The van der Waals surface area contributed by atoms with Crippen molar-refractivity contribution >= 4 is 29.1 Å². The predicted octanol–water partition coefficient (Wildman–Crippen LogP) is 4.81. The van der Waals surface area contributed by atoms with E-state index in [1.165, 1.54) is 18.1 Å². The van der Waals surface area contributed by atoms with Crippen LogP contribution in [0.1, 0.15) is 40.0 Å². The minimum Gasteiger partial charge on any atom is -0.507 e. The van der Waals surface area contributed by atoms with E-state index in [0.29, 0.717) is 22.6 Å². The van der Waals surface area contributed by atoms with Crippen LogP contribution in [0.3, 0.4) is 0 Å². The van der Waals surface area contributed by atoms with Gasteiger partial charge in [-0.05, 0) is 67.4 Å². The summed E-state index contributed by atoms with van der Waals surface area (Å²) in [5.74, 6) is -1.84. The molecule has 7 nitrogen and oxygen atoms in total. The van der Waals surface area contributed by atoms with Gasteiger partial charge in [-0.2, -0.15) is 0 Å². The summed E-state index contributed by atoms with van der Waals surface area (Å²) < 4.78 is 10.3. The van der Waals surface area contributed by atoms with E-state index in [0.717, 1.165) is 5.56 Å². The van der Waals surface area contributed by atoms with Crippen LogP contribution in [-0.4, -0.2) is 36.5 Å². The van der Waals surface area contributed by atoms with Crippen LogP contribution in [0, 0.1) is 6.92 Å². The normalized spacial score (nSPS) is 16.9. The van der Waals surface area contributed by atoms with Crippen LogP contribution in [-0.2, 0) is 14.3 Å². The van der Waals surface area contributed by atoms with Crippen molar-refractivity contribution in [3.8, 4) is 5.75 Å². The number of aliphatic hydroxyl groups excluding tert-OH is 1. The molecule has 3 aromatic rings. The highest BCUT2D eigenvalue weighted by Gasteiger charge is 2.47. The van der Waals surface area contributed by atoms with Gasteiger partial charge in [0.15, 0.2) is 0 Å². The summed E-state index contributed by atoms with van der Waals surface area (Å²) in [5.41, 5.74) is 2.47. The molecule has 1 atom stereocenters. The molecule has 0 aromatic heterocycles. The number of aryl methyl sites for hydroxylation is 1. The molecule has 0 radical (unpaired) electrons. The molecule has 1 heterocycles. The van der Waals surface area contributed by atoms with Crippen molar-refractivity contribution in [2.75, 3.05) is 18.6 Å². The Balaban J connectivity index is 1.91. The van der Waals surface area contributed by atoms with Crippen molar-refractivity contribution in [3.05, 3.63) is 101 Å². The molecule has 1 saturated heterocycles. The van der Waals surface area contributed by atoms with Gasteiger partial charge >= 0.3 is 5.97 Å². The highest BCUT2D eigenvalue weighted by molar-refractivity contribution is 6.51. The number of hydrogen-bond donors (Lipinski definition) is 1. The number of anilines is 1. The number of benzene rings is 3. The zero-order valence-electron chi connectivity index (χ0n) is 19.6. The van der Waals surface area contributed by atoms with Gasteiger partial charge in [-0.1, -0.05) is 30.3 Å². The van der Waals surface area contributed by atoms with Gasteiger partial charge in [-0.3, -0.25) is 14.5 Å². The Hall–Kier alpha value is -4.39. The smallest absolute Gasteiger partial charge is 0.338 e. The molecule has 1 N–H and O–H groups in total. The fourth-order valence-electron chi connectivity index (χ4n) is 4.19. The molecule has 1 amide bonds. The van der Waals surface area contributed by atoms with Crippen molar-refractivity contribution in [1.82, 2.24) is 0 Å². The number of hydrogen-bond acceptors (Lipinski definition) is 6. The SMILES string of the molecule is CCOC(=O)c1cccc(N2C(=O)C(=O)/C(=C(/O)c3ccc(OC)cc3)C2c2ccccc2C)c1. The molecular formula is C28H25NO6. The number of nitrogens with zero attached hydrogens (tertiary/aromatic N) is 1. The van der Waals surface area contributed by atoms with Gasteiger partial charge in [-0.25, -0.2) is 4.79 Å².